The maximum absolute atomic E-state index is 11.1. The number of halogens is 3. The molecule has 0 aliphatic heterocycles. The maximum atomic E-state index is 11.1. The van der Waals surface area contributed by atoms with E-state index in [0.717, 1.165) is 0 Å². The number of esters is 1. The zero-order valence-electron chi connectivity index (χ0n) is 7.26. The summed E-state index contributed by atoms with van der Waals surface area (Å²) in [6.07, 6.45) is 0. The van der Waals surface area contributed by atoms with E-state index in [4.69, 9.17) is 34.8 Å². The molecule has 1 aromatic carbocycles. The van der Waals surface area contributed by atoms with E-state index < -0.39 is 9.76 Å². The molecule has 0 aliphatic rings. The van der Waals surface area contributed by atoms with E-state index in [0.29, 0.717) is 11.1 Å². The zero-order chi connectivity index (χ0) is 10.8. The van der Waals surface area contributed by atoms with Gasteiger partial charge in [-0.3, -0.25) is 0 Å². The fourth-order valence-corrected chi connectivity index (χ4v) is 1.29. The lowest BCUT2D eigenvalue weighted by Crippen LogP contribution is -2.05. The van der Waals surface area contributed by atoms with Crippen LogP contribution in [0.3, 0.4) is 0 Å². The number of hydrogen-bond donors (Lipinski definition) is 0. The predicted octanol–water partition coefficient (Wildman–Crippen LogP) is 3.30. The van der Waals surface area contributed by atoms with E-state index >= 15 is 0 Å². The number of benzene rings is 1. The fourth-order valence-electron chi connectivity index (χ4n) is 0.940. The van der Waals surface area contributed by atoms with E-state index in [1.54, 1.807) is 18.2 Å². The summed E-state index contributed by atoms with van der Waals surface area (Å²) in [7, 11) is 1.30. The van der Waals surface area contributed by atoms with Crippen LogP contribution in [-0.4, -0.2) is 13.1 Å². The molecule has 0 aromatic heterocycles. The Balaban J connectivity index is 3.08. The van der Waals surface area contributed by atoms with Crippen molar-refractivity contribution in [1.82, 2.24) is 0 Å². The third-order valence-electron chi connectivity index (χ3n) is 1.61. The molecule has 0 aliphatic carbocycles. The van der Waals surface area contributed by atoms with Gasteiger partial charge in [0.2, 0.25) is 3.79 Å². The molecule has 0 saturated heterocycles. The quantitative estimate of drug-likeness (QED) is 0.567. The topological polar surface area (TPSA) is 26.3 Å². The second kappa shape index (κ2) is 4.39. The summed E-state index contributed by atoms with van der Waals surface area (Å²) in [5.74, 6) is -0.457. The van der Waals surface area contributed by atoms with Crippen LogP contribution in [0, 0.1) is 0 Å². The lowest BCUT2D eigenvalue weighted by Gasteiger charge is -2.11. The van der Waals surface area contributed by atoms with Crippen LogP contribution in [0.25, 0.3) is 0 Å². The molecule has 0 amide bonds. The largest absolute Gasteiger partial charge is 0.465 e. The predicted molar refractivity (Wildman–Crippen MR) is 57.0 cm³/mol. The molecule has 0 N–H and O–H groups in total. The van der Waals surface area contributed by atoms with E-state index in [-0.39, 0.29) is 0 Å². The molecule has 0 radical (unpaired) electrons. The summed E-state index contributed by atoms with van der Waals surface area (Å²) in [6.45, 7) is 0. The van der Waals surface area contributed by atoms with Crippen LogP contribution in [0.4, 0.5) is 0 Å². The van der Waals surface area contributed by atoms with Gasteiger partial charge in [0.25, 0.3) is 0 Å². The van der Waals surface area contributed by atoms with E-state index in [2.05, 4.69) is 4.74 Å². The number of alkyl halides is 3. The number of methoxy groups -OCH3 is 1. The Hall–Kier alpha value is -0.440. The molecule has 2 nitrogen and oxygen atoms in total. The van der Waals surface area contributed by atoms with E-state index in [1.807, 2.05) is 0 Å². The Bertz CT molecular complexity index is 344. The van der Waals surface area contributed by atoms with Crippen LogP contribution in [0.15, 0.2) is 24.3 Å². The first kappa shape index (κ1) is 11.6. The molecule has 14 heavy (non-hydrogen) atoms. The standard InChI is InChI=1S/C9H7Cl3O2/c1-14-8(13)6-3-2-4-7(5-6)9(10,11)12/h2-5H,1H3. The lowest BCUT2D eigenvalue weighted by molar-refractivity contribution is 0.0600. The Morgan fingerprint density at radius 2 is 2.00 bits per heavy atom. The third-order valence-corrected chi connectivity index (χ3v) is 2.27. The first-order chi connectivity index (χ1) is 6.45. The molecule has 0 heterocycles. The van der Waals surface area contributed by atoms with E-state index in [9.17, 15) is 4.79 Å². The summed E-state index contributed by atoms with van der Waals surface area (Å²) in [5.41, 5.74) is 0.793. The van der Waals surface area contributed by atoms with Crippen molar-refractivity contribution in [2.24, 2.45) is 0 Å². The number of carbonyl (C=O) groups is 1. The summed E-state index contributed by atoms with van der Waals surface area (Å²) in [4.78, 5) is 11.1. The van der Waals surface area contributed by atoms with Crippen LogP contribution < -0.4 is 0 Å². The van der Waals surface area contributed by atoms with Gasteiger partial charge in [-0.1, -0.05) is 46.9 Å². The molecule has 0 unspecified atom stereocenters. The number of rotatable bonds is 1. The van der Waals surface area contributed by atoms with Crippen molar-refractivity contribution in [3.05, 3.63) is 35.4 Å². The van der Waals surface area contributed by atoms with Gasteiger partial charge in [-0.25, -0.2) is 4.79 Å². The zero-order valence-corrected chi connectivity index (χ0v) is 9.53. The van der Waals surface area contributed by atoms with Crippen molar-refractivity contribution in [2.75, 3.05) is 7.11 Å². The lowest BCUT2D eigenvalue weighted by atomic mass is 10.1. The van der Waals surface area contributed by atoms with Crippen molar-refractivity contribution in [3.8, 4) is 0 Å². The molecule has 0 spiro atoms. The fraction of sp³-hybridized carbons (Fsp3) is 0.222. The SMILES string of the molecule is COC(=O)c1cccc(C(Cl)(Cl)Cl)c1. The first-order valence-corrected chi connectivity index (χ1v) is 4.84. The summed E-state index contributed by atoms with van der Waals surface area (Å²) < 4.78 is 3.01. The molecule has 1 aromatic rings. The van der Waals surface area contributed by atoms with E-state index in [1.165, 1.54) is 13.2 Å². The molecule has 5 heteroatoms. The molecule has 1 rings (SSSR count). The highest BCUT2D eigenvalue weighted by Gasteiger charge is 2.23. The maximum Gasteiger partial charge on any atom is 0.337 e. The number of hydrogen-bond acceptors (Lipinski definition) is 2. The van der Waals surface area contributed by atoms with Gasteiger partial charge in [-0.15, -0.1) is 0 Å². The minimum atomic E-state index is -1.52. The molecule has 76 valence electrons. The van der Waals surface area contributed by atoms with Gasteiger partial charge in [0.05, 0.1) is 12.7 Å². The Morgan fingerprint density at radius 3 is 2.50 bits per heavy atom. The molecule has 0 saturated carbocycles. The van der Waals surface area contributed by atoms with Gasteiger partial charge < -0.3 is 4.74 Å². The molecule has 0 atom stereocenters. The van der Waals surface area contributed by atoms with Crippen LogP contribution >= 0.6 is 34.8 Å². The van der Waals surface area contributed by atoms with Gasteiger partial charge in [0.1, 0.15) is 0 Å². The van der Waals surface area contributed by atoms with Crippen LogP contribution in [0.5, 0.6) is 0 Å². The highest BCUT2D eigenvalue weighted by Crippen LogP contribution is 2.38. The van der Waals surface area contributed by atoms with Crippen molar-refractivity contribution in [2.45, 2.75) is 3.79 Å². The summed E-state index contributed by atoms with van der Waals surface area (Å²) in [6, 6.07) is 6.33. The van der Waals surface area contributed by atoms with Crippen LogP contribution in [-0.2, 0) is 8.53 Å². The van der Waals surface area contributed by atoms with Crippen molar-refractivity contribution < 1.29 is 9.53 Å². The monoisotopic (exact) mass is 252 g/mol. The number of ether oxygens (including phenoxy) is 1. The normalized spacial score (nSPS) is 11.1. The Kier molecular flexibility index (Phi) is 3.65. The number of carbonyl (C=O) groups excluding carboxylic acids is 1. The second-order valence-electron chi connectivity index (χ2n) is 2.57. The van der Waals surface area contributed by atoms with Crippen molar-refractivity contribution >= 4 is 40.8 Å². The summed E-state index contributed by atoms with van der Waals surface area (Å²) >= 11 is 17.0. The highest BCUT2D eigenvalue weighted by molar-refractivity contribution is 6.66. The highest BCUT2D eigenvalue weighted by atomic mass is 35.6. The van der Waals surface area contributed by atoms with Crippen molar-refractivity contribution in [3.63, 3.8) is 0 Å². The smallest absolute Gasteiger partial charge is 0.337 e. The first-order valence-electron chi connectivity index (χ1n) is 3.70. The van der Waals surface area contributed by atoms with Crippen LogP contribution in [0.1, 0.15) is 15.9 Å². The van der Waals surface area contributed by atoms with Crippen molar-refractivity contribution in [1.29, 1.82) is 0 Å². The van der Waals surface area contributed by atoms with Gasteiger partial charge in [-0.05, 0) is 12.1 Å². The minimum absolute atomic E-state index is 0.358. The molecular weight excluding hydrogens is 246 g/mol. The minimum Gasteiger partial charge on any atom is -0.465 e. The average Bonchev–Trinajstić information content (AvgIpc) is 2.15. The van der Waals surface area contributed by atoms with Gasteiger partial charge in [0.15, 0.2) is 0 Å². The third kappa shape index (κ3) is 2.77. The van der Waals surface area contributed by atoms with Gasteiger partial charge in [-0.2, -0.15) is 0 Å². The van der Waals surface area contributed by atoms with Gasteiger partial charge >= 0.3 is 5.97 Å². The molecular formula is C9H7Cl3O2. The van der Waals surface area contributed by atoms with Crippen LogP contribution in [0.2, 0.25) is 0 Å². The Morgan fingerprint density at radius 1 is 1.36 bits per heavy atom. The molecule has 0 fully saturated rings. The second-order valence-corrected chi connectivity index (χ2v) is 4.85. The summed E-state index contributed by atoms with van der Waals surface area (Å²) in [5, 5.41) is 0. The molecule has 0 bridgehead atoms. The Labute approximate surface area is 96.7 Å². The van der Waals surface area contributed by atoms with Gasteiger partial charge in [0, 0.05) is 5.56 Å². The average molecular weight is 254 g/mol.